The summed E-state index contributed by atoms with van der Waals surface area (Å²) in [6.07, 6.45) is 2.65. The molecule has 2 N–H and O–H groups in total. The summed E-state index contributed by atoms with van der Waals surface area (Å²) in [5, 5.41) is 6.23. The molecular formula is C23H26N4O2. The maximum Gasteiger partial charge on any atom is 0.274 e. The number of nitrogens with one attached hydrogen (secondary N) is 2. The SMILES string of the molecule is CN(C)CCCNc1ccnc(C(=O)Nc2ccccc2Oc2ccccc2)c1. The molecule has 0 aliphatic carbocycles. The molecule has 0 bridgehead atoms. The third-order valence-corrected chi connectivity index (χ3v) is 4.21. The topological polar surface area (TPSA) is 66.5 Å². The molecule has 0 radical (unpaired) electrons. The van der Waals surface area contributed by atoms with Gasteiger partial charge in [0, 0.05) is 18.4 Å². The number of benzene rings is 2. The van der Waals surface area contributed by atoms with Gasteiger partial charge >= 0.3 is 0 Å². The molecular weight excluding hydrogens is 364 g/mol. The van der Waals surface area contributed by atoms with Gasteiger partial charge in [-0.1, -0.05) is 30.3 Å². The van der Waals surface area contributed by atoms with E-state index in [1.807, 2.05) is 68.7 Å². The highest BCUT2D eigenvalue weighted by molar-refractivity contribution is 6.04. The number of carbonyl (C=O) groups excluding carboxylic acids is 1. The van der Waals surface area contributed by atoms with Crippen LogP contribution in [0.5, 0.6) is 11.5 Å². The van der Waals surface area contributed by atoms with Crippen LogP contribution in [0.2, 0.25) is 0 Å². The van der Waals surface area contributed by atoms with Crippen molar-refractivity contribution in [2.45, 2.75) is 6.42 Å². The Morgan fingerprint density at radius 1 is 1.03 bits per heavy atom. The van der Waals surface area contributed by atoms with Crippen LogP contribution >= 0.6 is 0 Å². The minimum Gasteiger partial charge on any atom is -0.455 e. The highest BCUT2D eigenvalue weighted by Gasteiger charge is 2.12. The van der Waals surface area contributed by atoms with Crippen LogP contribution in [0, 0.1) is 0 Å². The lowest BCUT2D eigenvalue weighted by Gasteiger charge is -2.13. The zero-order valence-electron chi connectivity index (χ0n) is 16.8. The first kappa shape index (κ1) is 20.4. The Balaban J connectivity index is 1.65. The van der Waals surface area contributed by atoms with Crippen molar-refractivity contribution in [2.75, 3.05) is 37.8 Å². The van der Waals surface area contributed by atoms with Gasteiger partial charge in [0.05, 0.1) is 5.69 Å². The summed E-state index contributed by atoms with van der Waals surface area (Å²) in [4.78, 5) is 19.1. The van der Waals surface area contributed by atoms with Gasteiger partial charge in [0.2, 0.25) is 0 Å². The summed E-state index contributed by atoms with van der Waals surface area (Å²) in [6, 6.07) is 20.4. The number of hydrogen-bond acceptors (Lipinski definition) is 5. The number of anilines is 2. The normalized spacial score (nSPS) is 10.6. The molecule has 6 nitrogen and oxygen atoms in total. The van der Waals surface area contributed by atoms with E-state index >= 15 is 0 Å². The molecule has 3 aromatic rings. The molecule has 0 aliphatic rings. The lowest BCUT2D eigenvalue weighted by atomic mass is 10.2. The third kappa shape index (κ3) is 6.33. The minimum absolute atomic E-state index is 0.286. The van der Waals surface area contributed by atoms with Gasteiger partial charge in [-0.05, 0) is 63.5 Å². The van der Waals surface area contributed by atoms with Gasteiger partial charge < -0.3 is 20.3 Å². The highest BCUT2D eigenvalue weighted by atomic mass is 16.5. The second-order valence-corrected chi connectivity index (χ2v) is 6.88. The van der Waals surface area contributed by atoms with Crippen molar-refractivity contribution in [1.29, 1.82) is 0 Å². The zero-order chi connectivity index (χ0) is 20.5. The van der Waals surface area contributed by atoms with Crippen LogP contribution in [0.4, 0.5) is 11.4 Å². The van der Waals surface area contributed by atoms with E-state index in [4.69, 9.17) is 4.74 Å². The van der Waals surface area contributed by atoms with Crippen LogP contribution < -0.4 is 15.4 Å². The number of aromatic nitrogens is 1. The van der Waals surface area contributed by atoms with E-state index in [2.05, 4.69) is 20.5 Å². The standard InChI is InChI=1S/C23H26N4O2/c1-27(2)16-8-14-24-18-13-15-25-21(17-18)23(28)26-20-11-6-7-12-22(20)29-19-9-4-3-5-10-19/h3-7,9-13,15,17H,8,14,16H2,1-2H3,(H,24,25)(H,26,28). The van der Waals surface area contributed by atoms with Crippen molar-refractivity contribution in [3.05, 3.63) is 78.6 Å². The van der Waals surface area contributed by atoms with Crippen molar-refractivity contribution >= 4 is 17.3 Å². The van der Waals surface area contributed by atoms with Crippen LogP contribution in [0.15, 0.2) is 72.9 Å². The fourth-order valence-corrected chi connectivity index (χ4v) is 2.75. The molecule has 0 aliphatic heterocycles. The fourth-order valence-electron chi connectivity index (χ4n) is 2.75. The number of hydrogen-bond donors (Lipinski definition) is 2. The van der Waals surface area contributed by atoms with E-state index in [0.717, 1.165) is 25.2 Å². The summed E-state index contributed by atoms with van der Waals surface area (Å²) in [5.41, 5.74) is 1.81. The summed E-state index contributed by atoms with van der Waals surface area (Å²) in [6.45, 7) is 1.83. The molecule has 2 aromatic carbocycles. The van der Waals surface area contributed by atoms with E-state index in [0.29, 0.717) is 22.9 Å². The van der Waals surface area contributed by atoms with Crippen LogP contribution in [0.3, 0.4) is 0 Å². The molecule has 3 rings (SSSR count). The molecule has 0 saturated heterocycles. The molecule has 1 heterocycles. The number of ether oxygens (including phenoxy) is 1. The quantitative estimate of drug-likeness (QED) is 0.527. The molecule has 1 amide bonds. The zero-order valence-corrected chi connectivity index (χ0v) is 16.8. The summed E-state index contributed by atoms with van der Waals surface area (Å²) >= 11 is 0. The molecule has 150 valence electrons. The monoisotopic (exact) mass is 390 g/mol. The maximum atomic E-state index is 12.7. The minimum atomic E-state index is -0.286. The van der Waals surface area contributed by atoms with Gasteiger partial charge in [-0.15, -0.1) is 0 Å². The predicted octanol–water partition coefficient (Wildman–Crippen LogP) is 4.49. The molecule has 1 aromatic heterocycles. The van der Waals surface area contributed by atoms with E-state index in [1.165, 1.54) is 0 Å². The Labute approximate surface area is 171 Å². The van der Waals surface area contributed by atoms with Gasteiger partial charge in [-0.25, -0.2) is 0 Å². The predicted molar refractivity (Wildman–Crippen MR) is 117 cm³/mol. The van der Waals surface area contributed by atoms with E-state index in [-0.39, 0.29) is 5.91 Å². The van der Waals surface area contributed by atoms with Crippen molar-refractivity contribution in [2.24, 2.45) is 0 Å². The summed E-state index contributed by atoms with van der Waals surface area (Å²) in [5.74, 6) is 0.993. The first-order valence-electron chi connectivity index (χ1n) is 9.60. The second kappa shape index (κ2) is 10.2. The second-order valence-electron chi connectivity index (χ2n) is 6.88. The Hall–Kier alpha value is -3.38. The van der Waals surface area contributed by atoms with Crippen LogP contribution in [0.1, 0.15) is 16.9 Å². The number of rotatable bonds is 9. The lowest BCUT2D eigenvalue weighted by molar-refractivity contribution is 0.102. The largest absolute Gasteiger partial charge is 0.455 e. The molecule has 29 heavy (non-hydrogen) atoms. The van der Waals surface area contributed by atoms with Crippen LogP contribution in [-0.2, 0) is 0 Å². The summed E-state index contributed by atoms with van der Waals surface area (Å²) in [7, 11) is 4.10. The average molecular weight is 390 g/mol. The highest BCUT2D eigenvalue weighted by Crippen LogP contribution is 2.29. The Morgan fingerprint density at radius 3 is 2.59 bits per heavy atom. The van der Waals surface area contributed by atoms with Crippen molar-refractivity contribution < 1.29 is 9.53 Å². The average Bonchev–Trinajstić information content (AvgIpc) is 2.73. The van der Waals surface area contributed by atoms with Crippen molar-refractivity contribution in [1.82, 2.24) is 9.88 Å². The van der Waals surface area contributed by atoms with E-state index in [1.54, 1.807) is 18.3 Å². The maximum absolute atomic E-state index is 12.7. The number of amides is 1. The van der Waals surface area contributed by atoms with E-state index in [9.17, 15) is 4.79 Å². The van der Waals surface area contributed by atoms with Gasteiger partial charge in [-0.3, -0.25) is 9.78 Å². The number of pyridine rings is 1. The molecule has 0 unspecified atom stereocenters. The Bertz CT molecular complexity index is 929. The van der Waals surface area contributed by atoms with Gasteiger partial charge in [0.25, 0.3) is 5.91 Å². The molecule has 0 fully saturated rings. The van der Waals surface area contributed by atoms with Crippen molar-refractivity contribution in [3.8, 4) is 11.5 Å². The molecule has 0 atom stereocenters. The first-order valence-corrected chi connectivity index (χ1v) is 9.60. The van der Waals surface area contributed by atoms with Crippen LogP contribution in [0.25, 0.3) is 0 Å². The van der Waals surface area contributed by atoms with Gasteiger partial charge in [-0.2, -0.15) is 0 Å². The van der Waals surface area contributed by atoms with Gasteiger partial charge in [0.1, 0.15) is 11.4 Å². The summed E-state index contributed by atoms with van der Waals surface area (Å²) < 4.78 is 5.90. The molecule has 0 spiro atoms. The van der Waals surface area contributed by atoms with Crippen molar-refractivity contribution in [3.63, 3.8) is 0 Å². The van der Waals surface area contributed by atoms with Gasteiger partial charge in [0.15, 0.2) is 5.75 Å². The Kier molecular flexibility index (Phi) is 7.19. The molecule has 0 saturated carbocycles. The number of nitrogens with zero attached hydrogens (tertiary/aromatic N) is 2. The number of para-hydroxylation sites is 3. The Morgan fingerprint density at radius 2 is 1.79 bits per heavy atom. The first-order chi connectivity index (χ1) is 14.1. The smallest absolute Gasteiger partial charge is 0.274 e. The molecule has 6 heteroatoms. The van der Waals surface area contributed by atoms with Crippen LogP contribution in [-0.4, -0.2) is 43.0 Å². The third-order valence-electron chi connectivity index (χ3n) is 4.21. The number of carbonyl (C=O) groups is 1. The fraction of sp³-hybridized carbons (Fsp3) is 0.217. The van der Waals surface area contributed by atoms with E-state index < -0.39 is 0 Å². The lowest BCUT2D eigenvalue weighted by Crippen LogP contribution is -2.17.